The Morgan fingerprint density at radius 3 is 2.35 bits per heavy atom. The zero-order chi connectivity index (χ0) is 14.4. The van der Waals surface area contributed by atoms with E-state index in [9.17, 15) is 0 Å². The highest BCUT2D eigenvalue weighted by atomic mass is 32.2. The minimum absolute atomic E-state index is 0.764. The number of nitrogens with one attached hydrogen (secondary N) is 1. The normalized spacial score (nSPS) is 34.6. The van der Waals surface area contributed by atoms with Crippen LogP contribution < -0.4 is 5.32 Å². The van der Waals surface area contributed by atoms with Crippen molar-refractivity contribution in [2.75, 3.05) is 12.3 Å². The average Bonchev–Trinajstić information content (AvgIpc) is 2.72. The Hall–Kier alpha value is 0.660. The second-order valence-corrected chi connectivity index (χ2v) is 9.68. The van der Waals surface area contributed by atoms with Gasteiger partial charge in [0.15, 0.2) is 0 Å². The second-order valence-electron chi connectivity index (χ2n) is 6.65. The van der Waals surface area contributed by atoms with Crippen LogP contribution >= 0.6 is 23.5 Å². The van der Waals surface area contributed by atoms with Crippen molar-refractivity contribution in [3.05, 3.63) is 0 Å². The molecule has 2 aliphatic rings. The average molecular weight is 316 g/mol. The summed E-state index contributed by atoms with van der Waals surface area (Å²) in [5.74, 6) is 2.29. The third-order valence-corrected chi connectivity index (χ3v) is 8.53. The molecule has 1 aliphatic heterocycles. The standard InChI is InChI=1S/C17H33NS2/c1-4-11-18-17(15-9-7-5-6-8-10-15)16-12-19-13(2)14(3)20-16/h13-18H,4-12H2,1-3H3. The van der Waals surface area contributed by atoms with E-state index in [2.05, 4.69) is 49.6 Å². The van der Waals surface area contributed by atoms with E-state index in [1.54, 1.807) is 0 Å². The maximum Gasteiger partial charge on any atom is 0.0297 e. The highest BCUT2D eigenvalue weighted by molar-refractivity contribution is 8.07. The maximum absolute atomic E-state index is 3.94. The summed E-state index contributed by atoms with van der Waals surface area (Å²) in [5.41, 5.74) is 0. The SMILES string of the molecule is CCCNC(C1CCCCCC1)C1CSC(C)C(C)S1. The summed E-state index contributed by atoms with van der Waals surface area (Å²) in [4.78, 5) is 0. The lowest BCUT2D eigenvalue weighted by Gasteiger charge is -2.39. The summed E-state index contributed by atoms with van der Waals surface area (Å²) in [6.45, 7) is 8.33. The fourth-order valence-electron chi connectivity index (χ4n) is 3.58. The van der Waals surface area contributed by atoms with Crippen LogP contribution in [0.1, 0.15) is 65.7 Å². The van der Waals surface area contributed by atoms with Gasteiger partial charge in [0.2, 0.25) is 0 Å². The molecule has 0 aromatic carbocycles. The predicted octanol–water partition coefficient (Wildman–Crippen LogP) is 4.95. The van der Waals surface area contributed by atoms with Crippen molar-refractivity contribution in [2.24, 2.45) is 5.92 Å². The van der Waals surface area contributed by atoms with Crippen molar-refractivity contribution in [3.63, 3.8) is 0 Å². The predicted molar refractivity (Wildman–Crippen MR) is 96.0 cm³/mol. The second kappa shape index (κ2) is 8.95. The number of thioether (sulfide) groups is 2. The zero-order valence-electron chi connectivity index (χ0n) is 13.6. The van der Waals surface area contributed by atoms with Gasteiger partial charge in [0.05, 0.1) is 0 Å². The minimum Gasteiger partial charge on any atom is -0.313 e. The molecule has 0 aromatic rings. The molecule has 0 radical (unpaired) electrons. The molecule has 0 amide bonds. The highest BCUT2D eigenvalue weighted by Crippen LogP contribution is 2.40. The number of hydrogen-bond acceptors (Lipinski definition) is 3. The molecule has 0 aromatic heterocycles. The lowest BCUT2D eigenvalue weighted by atomic mass is 9.89. The van der Waals surface area contributed by atoms with Crippen LogP contribution in [0.2, 0.25) is 0 Å². The molecule has 4 atom stereocenters. The van der Waals surface area contributed by atoms with Crippen molar-refractivity contribution in [1.82, 2.24) is 5.32 Å². The Morgan fingerprint density at radius 2 is 1.75 bits per heavy atom. The number of rotatable bonds is 5. The molecule has 0 spiro atoms. The third kappa shape index (κ3) is 4.84. The molecular formula is C17H33NS2. The highest BCUT2D eigenvalue weighted by Gasteiger charge is 2.35. The lowest BCUT2D eigenvalue weighted by molar-refractivity contribution is 0.318. The van der Waals surface area contributed by atoms with Crippen LogP contribution in [0, 0.1) is 5.92 Å². The topological polar surface area (TPSA) is 12.0 Å². The molecule has 2 fully saturated rings. The van der Waals surface area contributed by atoms with Crippen molar-refractivity contribution >= 4 is 23.5 Å². The molecule has 1 saturated heterocycles. The largest absolute Gasteiger partial charge is 0.313 e. The van der Waals surface area contributed by atoms with Crippen LogP contribution in [0.25, 0.3) is 0 Å². The van der Waals surface area contributed by atoms with Gasteiger partial charge in [0, 0.05) is 27.5 Å². The molecule has 118 valence electrons. The molecule has 3 heteroatoms. The van der Waals surface area contributed by atoms with Gasteiger partial charge in [0.1, 0.15) is 0 Å². The number of hydrogen-bond donors (Lipinski definition) is 1. The lowest BCUT2D eigenvalue weighted by Crippen LogP contribution is -2.48. The van der Waals surface area contributed by atoms with Crippen LogP contribution in [0.15, 0.2) is 0 Å². The quantitative estimate of drug-likeness (QED) is 0.721. The fraction of sp³-hybridized carbons (Fsp3) is 1.00. The van der Waals surface area contributed by atoms with E-state index in [4.69, 9.17) is 0 Å². The Labute approximate surface area is 134 Å². The van der Waals surface area contributed by atoms with Crippen LogP contribution in [0.5, 0.6) is 0 Å². The fourth-order valence-corrected chi connectivity index (χ4v) is 6.79. The molecule has 1 heterocycles. The van der Waals surface area contributed by atoms with Crippen molar-refractivity contribution < 1.29 is 0 Å². The maximum atomic E-state index is 3.94. The van der Waals surface area contributed by atoms with Crippen LogP contribution in [0.4, 0.5) is 0 Å². The van der Waals surface area contributed by atoms with Gasteiger partial charge in [-0.1, -0.05) is 46.5 Å². The third-order valence-electron chi connectivity index (χ3n) is 5.01. The Balaban J connectivity index is 1.98. The van der Waals surface area contributed by atoms with E-state index in [1.807, 2.05) is 0 Å². The van der Waals surface area contributed by atoms with E-state index in [-0.39, 0.29) is 0 Å². The summed E-state index contributed by atoms with van der Waals surface area (Å²) in [5, 5.41) is 6.42. The Kier molecular flexibility index (Phi) is 7.61. The monoisotopic (exact) mass is 315 g/mol. The zero-order valence-corrected chi connectivity index (χ0v) is 15.2. The summed E-state index contributed by atoms with van der Waals surface area (Å²) in [6, 6.07) is 0.764. The first kappa shape index (κ1) is 17.0. The minimum atomic E-state index is 0.764. The van der Waals surface area contributed by atoms with Gasteiger partial charge < -0.3 is 5.32 Å². The van der Waals surface area contributed by atoms with Gasteiger partial charge in [-0.3, -0.25) is 0 Å². The Bertz CT molecular complexity index is 264. The molecule has 1 saturated carbocycles. The Morgan fingerprint density at radius 1 is 1.05 bits per heavy atom. The van der Waals surface area contributed by atoms with Crippen LogP contribution in [-0.4, -0.2) is 34.1 Å². The van der Waals surface area contributed by atoms with Gasteiger partial charge in [-0.05, 0) is 31.7 Å². The van der Waals surface area contributed by atoms with Crippen molar-refractivity contribution in [3.8, 4) is 0 Å². The van der Waals surface area contributed by atoms with Gasteiger partial charge in [-0.2, -0.15) is 23.5 Å². The molecule has 4 unspecified atom stereocenters. The van der Waals surface area contributed by atoms with Crippen molar-refractivity contribution in [2.45, 2.75) is 87.5 Å². The van der Waals surface area contributed by atoms with Gasteiger partial charge in [-0.15, -0.1) is 0 Å². The van der Waals surface area contributed by atoms with Crippen LogP contribution in [0.3, 0.4) is 0 Å². The van der Waals surface area contributed by atoms with E-state index < -0.39 is 0 Å². The van der Waals surface area contributed by atoms with E-state index in [1.165, 1.54) is 57.2 Å². The van der Waals surface area contributed by atoms with E-state index >= 15 is 0 Å². The molecule has 20 heavy (non-hydrogen) atoms. The molecule has 0 bridgehead atoms. The summed E-state index contributed by atoms with van der Waals surface area (Å²) < 4.78 is 0. The smallest absolute Gasteiger partial charge is 0.0297 e. The van der Waals surface area contributed by atoms with Gasteiger partial charge in [-0.25, -0.2) is 0 Å². The first-order valence-electron chi connectivity index (χ1n) is 8.72. The summed E-state index contributed by atoms with van der Waals surface area (Å²) in [6.07, 6.45) is 10.1. The molecule has 1 nitrogen and oxygen atoms in total. The summed E-state index contributed by atoms with van der Waals surface area (Å²) in [7, 11) is 0. The first-order chi connectivity index (χ1) is 9.72. The molecule has 1 N–H and O–H groups in total. The van der Waals surface area contributed by atoms with Crippen LogP contribution in [-0.2, 0) is 0 Å². The van der Waals surface area contributed by atoms with E-state index in [0.29, 0.717) is 0 Å². The van der Waals surface area contributed by atoms with E-state index in [0.717, 1.165) is 27.7 Å². The summed E-state index contributed by atoms with van der Waals surface area (Å²) >= 11 is 4.47. The van der Waals surface area contributed by atoms with Gasteiger partial charge in [0.25, 0.3) is 0 Å². The van der Waals surface area contributed by atoms with Crippen molar-refractivity contribution in [1.29, 1.82) is 0 Å². The molecule has 1 aliphatic carbocycles. The molecule has 2 rings (SSSR count). The van der Waals surface area contributed by atoms with Gasteiger partial charge >= 0.3 is 0 Å². The first-order valence-corrected chi connectivity index (χ1v) is 10.7. The molecular weight excluding hydrogens is 282 g/mol.